The van der Waals surface area contributed by atoms with Crippen LogP contribution in [0.4, 0.5) is 0 Å². The maximum atomic E-state index is 5.30. The van der Waals surface area contributed by atoms with E-state index in [2.05, 4.69) is 26.8 Å². The van der Waals surface area contributed by atoms with E-state index < -0.39 is 0 Å². The van der Waals surface area contributed by atoms with E-state index >= 15 is 0 Å². The van der Waals surface area contributed by atoms with Crippen molar-refractivity contribution in [1.29, 1.82) is 0 Å². The quantitative estimate of drug-likeness (QED) is 0.447. The SMILES string of the molecule is CC/C=C/ON(/C=C/CC)CC. The Bertz CT molecular complexity index is 141. The Morgan fingerprint density at radius 3 is 2.25 bits per heavy atom. The molecular weight excluding hydrogens is 150 g/mol. The minimum absolute atomic E-state index is 0.866. The molecule has 0 aromatic carbocycles. The van der Waals surface area contributed by atoms with Crippen molar-refractivity contribution < 1.29 is 4.84 Å². The van der Waals surface area contributed by atoms with E-state index in [0.717, 1.165) is 19.4 Å². The molecule has 0 rings (SSSR count). The lowest BCUT2D eigenvalue weighted by Gasteiger charge is -2.15. The van der Waals surface area contributed by atoms with Crippen molar-refractivity contribution in [2.75, 3.05) is 6.54 Å². The highest BCUT2D eigenvalue weighted by atomic mass is 16.7. The third kappa shape index (κ3) is 5.83. The van der Waals surface area contributed by atoms with Crippen LogP contribution in [0.1, 0.15) is 33.6 Å². The molecule has 0 aliphatic carbocycles. The standard InChI is InChI=1S/C10H19NO/c1-4-7-9-11(6-3)12-10-8-5-2/h7-10H,4-6H2,1-3H3/b9-7+,10-8+. The summed E-state index contributed by atoms with van der Waals surface area (Å²) in [7, 11) is 0. The highest BCUT2D eigenvalue weighted by Crippen LogP contribution is 1.94. The molecular formula is C10H19NO. The lowest BCUT2D eigenvalue weighted by atomic mass is 10.5. The van der Waals surface area contributed by atoms with Crippen LogP contribution in [0, 0.1) is 0 Å². The smallest absolute Gasteiger partial charge is 0.115 e. The van der Waals surface area contributed by atoms with Gasteiger partial charge in [-0.1, -0.05) is 19.9 Å². The molecule has 0 unspecified atom stereocenters. The van der Waals surface area contributed by atoms with Crippen LogP contribution in [0.15, 0.2) is 24.6 Å². The number of hydroxylamine groups is 2. The number of nitrogens with zero attached hydrogens (tertiary/aromatic N) is 1. The van der Waals surface area contributed by atoms with Gasteiger partial charge in [0.25, 0.3) is 0 Å². The molecule has 0 fully saturated rings. The molecule has 0 bridgehead atoms. The molecule has 0 aliphatic rings. The maximum Gasteiger partial charge on any atom is 0.115 e. The van der Waals surface area contributed by atoms with Crippen molar-refractivity contribution in [3.05, 3.63) is 24.6 Å². The fourth-order valence-electron chi connectivity index (χ4n) is 0.655. The van der Waals surface area contributed by atoms with E-state index in [-0.39, 0.29) is 0 Å². The zero-order valence-electron chi connectivity index (χ0n) is 8.29. The topological polar surface area (TPSA) is 12.5 Å². The maximum absolute atomic E-state index is 5.30. The first kappa shape index (κ1) is 11.1. The van der Waals surface area contributed by atoms with Gasteiger partial charge >= 0.3 is 0 Å². The van der Waals surface area contributed by atoms with Gasteiger partial charge in [-0.3, -0.25) is 0 Å². The first-order valence-corrected chi connectivity index (χ1v) is 4.60. The van der Waals surface area contributed by atoms with Gasteiger partial charge in [-0.15, -0.1) is 0 Å². The molecule has 0 atom stereocenters. The minimum Gasteiger partial charge on any atom is -0.388 e. The molecule has 0 aromatic rings. The fourth-order valence-corrected chi connectivity index (χ4v) is 0.655. The summed E-state index contributed by atoms with van der Waals surface area (Å²) in [4.78, 5) is 5.30. The molecule has 0 spiro atoms. The average Bonchev–Trinajstić information content (AvgIpc) is 2.11. The largest absolute Gasteiger partial charge is 0.388 e. The van der Waals surface area contributed by atoms with Gasteiger partial charge in [0.15, 0.2) is 0 Å². The lowest BCUT2D eigenvalue weighted by molar-refractivity contribution is -0.0523. The monoisotopic (exact) mass is 169 g/mol. The van der Waals surface area contributed by atoms with Crippen molar-refractivity contribution >= 4 is 0 Å². The summed E-state index contributed by atoms with van der Waals surface area (Å²) in [5.74, 6) is 0. The summed E-state index contributed by atoms with van der Waals surface area (Å²) in [6.45, 7) is 7.11. The minimum atomic E-state index is 0.866. The second kappa shape index (κ2) is 8.18. The van der Waals surface area contributed by atoms with Gasteiger partial charge in [0.2, 0.25) is 0 Å². The zero-order chi connectivity index (χ0) is 9.23. The van der Waals surface area contributed by atoms with E-state index in [9.17, 15) is 0 Å². The third-order valence-corrected chi connectivity index (χ3v) is 1.35. The van der Waals surface area contributed by atoms with Crippen LogP contribution in [0.2, 0.25) is 0 Å². The van der Waals surface area contributed by atoms with Crippen molar-refractivity contribution in [2.24, 2.45) is 0 Å². The van der Waals surface area contributed by atoms with Crippen LogP contribution < -0.4 is 0 Å². The number of hydrogen-bond acceptors (Lipinski definition) is 2. The summed E-state index contributed by atoms with van der Waals surface area (Å²) in [6.07, 6.45) is 9.79. The zero-order valence-corrected chi connectivity index (χ0v) is 8.29. The molecule has 2 nitrogen and oxygen atoms in total. The summed E-state index contributed by atoms with van der Waals surface area (Å²) >= 11 is 0. The van der Waals surface area contributed by atoms with Crippen LogP contribution in [-0.2, 0) is 4.84 Å². The number of rotatable bonds is 6. The predicted octanol–water partition coefficient (Wildman–Crippen LogP) is 3.09. The van der Waals surface area contributed by atoms with Gasteiger partial charge in [-0.25, -0.2) is 5.06 Å². The predicted molar refractivity (Wildman–Crippen MR) is 52.3 cm³/mol. The Morgan fingerprint density at radius 1 is 1.08 bits per heavy atom. The van der Waals surface area contributed by atoms with Crippen LogP contribution in [0.5, 0.6) is 0 Å². The fraction of sp³-hybridized carbons (Fsp3) is 0.600. The first-order chi connectivity index (χ1) is 5.85. The molecule has 0 N–H and O–H groups in total. The molecule has 0 saturated heterocycles. The Labute approximate surface area is 75.5 Å². The molecule has 0 amide bonds. The van der Waals surface area contributed by atoms with Crippen molar-refractivity contribution in [3.63, 3.8) is 0 Å². The average molecular weight is 169 g/mol. The highest BCUT2D eigenvalue weighted by Gasteiger charge is 1.89. The second-order valence-electron chi connectivity index (χ2n) is 2.41. The van der Waals surface area contributed by atoms with Gasteiger partial charge in [0, 0.05) is 6.20 Å². The van der Waals surface area contributed by atoms with E-state index in [1.54, 1.807) is 11.3 Å². The first-order valence-electron chi connectivity index (χ1n) is 4.60. The molecule has 0 aromatic heterocycles. The van der Waals surface area contributed by atoms with Crippen molar-refractivity contribution in [1.82, 2.24) is 5.06 Å². The molecule has 70 valence electrons. The van der Waals surface area contributed by atoms with Gasteiger partial charge in [-0.2, -0.15) is 0 Å². The molecule has 0 radical (unpaired) electrons. The van der Waals surface area contributed by atoms with E-state index in [1.165, 1.54) is 0 Å². The van der Waals surface area contributed by atoms with Gasteiger partial charge < -0.3 is 4.84 Å². The summed E-state index contributed by atoms with van der Waals surface area (Å²) in [5.41, 5.74) is 0. The lowest BCUT2D eigenvalue weighted by Crippen LogP contribution is -2.13. The Kier molecular flexibility index (Phi) is 7.55. The van der Waals surface area contributed by atoms with E-state index in [1.807, 2.05) is 12.3 Å². The van der Waals surface area contributed by atoms with Crippen molar-refractivity contribution in [2.45, 2.75) is 33.6 Å². The Balaban J connectivity index is 3.67. The Hall–Kier alpha value is -0.920. The molecule has 0 aliphatic heterocycles. The summed E-state index contributed by atoms with van der Waals surface area (Å²) < 4.78 is 0. The van der Waals surface area contributed by atoms with E-state index in [4.69, 9.17) is 4.84 Å². The number of hydrogen-bond donors (Lipinski definition) is 0. The molecule has 2 heteroatoms. The normalized spacial score (nSPS) is 11.2. The van der Waals surface area contributed by atoms with Crippen LogP contribution in [-0.4, -0.2) is 11.6 Å². The van der Waals surface area contributed by atoms with Gasteiger partial charge in [0.1, 0.15) is 6.26 Å². The summed E-state index contributed by atoms with van der Waals surface area (Å²) in [5, 5.41) is 1.80. The van der Waals surface area contributed by atoms with Gasteiger partial charge in [-0.05, 0) is 25.8 Å². The van der Waals surface area contributed by atoms with E-state index in [0.29, 0.717) is 0 Å². The molecule has 0 saturated carbocycles. The Morgan fingerprint density at radius 2 is 1.75 bits per heavy atom. The second-order valence-corrected chi connectivity index (χ2v) is 2.41. The summed E-state index contributed by atoms with van der Waals surface area (Å²) in [6, 6.07) is 0. The third-order valence-electron chi connectivity index (χ3n) is 1.35. The van der Waals surface area contributed by atoms with Crippen LogP contribution >= 0.6 is 0 Å². The van der Waals surface area contributed by atoms with Crippen molar-refractivity contribution in [3.8, 4) is 0 Å². The van der Waals surface area contributed by atoms with Gasteiger partial charge in [0.05, 0.1) is 6.54 Å². The number of allylic oxidation sites excluding steroid dienone is 2. The highest BCUT2D eigenvalue weighted by molar-refractivity contribution is 4.78. The van der Waals surface area contributed by atoms with Crippen LogP contribution in [0.3, 0.4) is 0 Å². The van der Waals surface area contributed by atoms with Crippen LogP contribution in [0.25, 0.3) is 0 Å². The molecule has 12 heavy (non-hydrogen) atoms. The molecule has 0 heterocycles.